The van der Waals surface area contributed by atoms with E-state index in [1.54, 1.807) is 0 Å². The average molecular weight is 430 g/mol. The van der Waals surface area contributed by atoms with Gasteiger partial charge in [-0.05, 0) is 47.1 Å². The van der Waals surface area contributed by atoms with Crippen LogP contribution in [0.5, 0.6) is 0 Å². The molecule has 2 aromatic carbocycles. The van der Waals surface area contributed by atoms with Gasteiger partial charge in [0.1, 0.15) is 5.82 Å². The van der Waals surface area contributed by atoms with Crippen molar-refractivity contribution in [1.82, 2.24) is 9.97 Å². The largest absolute Gasteiger partial charge is 0.358 e. The molecule has 0 aliphatic heterocycles. The zero-order chi connectivity index (χ0) is 18.3. The Balaban J connectivity index is 1.65. The van der Waals surface area contributed by atoms with E-state index in [4.69, 9.17) is 0 Å². The van der Waals surface area contributed by atoms with Crippen LogP contribution in [-0.2, 0) is 0 Å². The standard InChI is InChI=1S/C19H13BrFN3OS/c1-10-17(12-4-2-3-5-15(12)22-10)16-9-26-19(23-16)24-18(25)13-8-11(21)6-7-14(13)20/h2-9,22H,1H3,(H,23,24,25). The second-order valence-electron chi connectivity index (χ2n) is 5.79. The highest BCUT2D eigenvalue weighted by Crippen LogP contribution is 2.34. The first-order valence-electron chi connectivity index (χ1n) is 7.82. The van der Waals surface area contributed by atoms with Crippen LogP contribution in [0.4, 0.5) is 9.52 Å². The fourth-order valence-corrected chi connectivity index (χ4v) is 4.01. The number of fused-ring (bicyclic) bond motifs is 1. The summed E-state index contributed by atoms with van der Waals surface area (Å²) in [6.07, 6.45) is 0. The SMILES string of the molecule is Cc1[nH]c2ccccc2c1-c1csc(NC(=O)c2cc(F)ccc2Br)n1. The summed E-state index contributed by atoms with van der Waals surface area (Å²) in [5.41, 5.74) is 4.09. The second kappa shape index (κ2) is 6.66. The lowest BCUT2D eigenvalue weighted by molar-refractivity contribution is 0.102. The number of nitrogens with one attached hydrogen (secondary N) is 2. The van der Waals surface area contributed by atoms with Crippen LogP contribution >= 0.6 is 27.3 Å². The number of carbonyl (C=O) groups excluding carboxylic acids is 1. The van der Waals surface area contributed by atoms with E-state index in [9.17, 15) is 9.18 Å². The third-order valence-electron chi connectivity index (χ3n) is 4.05. The van der Waals surface area contributed by atoms with Crippen LogP contribution in [0.2, 0.25) is 0 Å². The van der Waals surface area contributed by atoms with E-state index in [2.05, 4.69) is 31.2 Å². The van der Waals surface area contributed by atoms with Crippen molar-refractivity contribution in [3.8, 4) is 11.3 Å². The molecule has 2 heterocycles. The number of hydrogen-bond acceptors (Lipinski definition) is 3. The number of aromatic nitrogens is 2. The molecule has 130 valence electrons. The molecule has 0 saturated heterocycles. The molecular formula is C19H13BrFN3OS. The predicted molar refractivity (Wildman–Crippen MR) is 106 cm³/mol. The molecule has 4 aromatic rings. The van der Waals surface area contributed by atoms with Crippen molar-refractivity contribution >= 4 is 49.2 Å². The lowest BCUT2D eigenvalue weighted by Crippen LogP contribution is -2.12. The maximum absolute atomic E-state index is 13.4. The van der Waals surface area contributed by atoms with E-state index in [1.165, 1.54) is 29.5 Å². The first kappa shape index (κ1) is 16.9. The molecule has 0 radical (unpaired) electrons. The van der Waals surface area contributed by atoms with Crippen LogP contribution in [0.3, 0.4) is 0 Å². The van der Waals surface area contributed by atoms with Crippen molar-refractivity contribution < 1.29 is 9.18 Å². The average Bonchev–Trinajstić information content (AvgIpc) is 3.19. The minimum atomic E-state index is -0.465. The fourth-order valence-electron chi connectivity index (χ4n) is 2.89. The summed E-state index contributed by atoms with van der Waals surface area (Å²) in [6.45, 7) is 2.00. The van der Waals surface area contributed by atoms with Gasteiger partial charge in [-0.25, -0.2) is 9.37 Å². The number of thiazole rings is 1. The number of H-pyrrole nitrogens is 1. The molecular weight excluding hydrogens is 417 g/mol. The maximum Gasteiger partial charge on any atom is 0.258 e. The molecule has 0 saturated carbocycles. The van der Waals surface area contributed by atoms with Crippen molar-refractivity contribution in [1.29, 1.82) is 0 Å². The Kier molecular flexibility index (Phi) is 4.34. The minimum absolute atomic E-state index is 0.227. The van der Waals surface area contributed by atoms with Gasteiger partial charge in [0.15, 0.2) is 5.13 Å². The highest BCUT2D eigenvalue weighted by atomic mass is 79.9. The Morgan fingerprint density at radius 1 is 1.27 bits per heavy atom. The van der Waals surface area contributed by atoms with E-state index < -0.39 is 11.7 Å². The number of amides is 1. The summed E-state index contributed by atoms with van der Waals surface area (Å²) in [4.78, 5) is 20.3. The summed E-state index contributed by atoms with van der Waals surface area (Å²) >= 11 is 4.60. The van der Waals surface area contributed by atoms with Crippen LogP contribution in [0.25, 0.3) is 22.2 Å². The number of nitrogens with zero attached hydrogens (tertiary/aromatic N) is 1. The van der Waals surface area contributed by atoms with Gasteiger partial charge in [-0.3, -0.25) is 10.1 Å². The smallest absolute Gasteiger partial charge is 0.258 e. The Morgan fingerprint density at radius 3 is 2.92 bits per heavy atom. The van der Waals surface area contributed by atoms with Crippen LogP contribution < -0.4 is 5.32 Å². The number of anilines is 1. The van der Waals surface area contributed by atoms with Crippen LogP contribution in [0, 0.1) is 12.7 Å². The third-order valence-corrected chi connectivity index (χ3v) is 5.50. The molecule has 0 fully saturated rings. The molecule has 2 aromatic heterocycles. The number of aromatic amines is 1. The molecule has 26 heavy (non-hydrogen) atoms. The van der Waals surface area contributed by atoms with E-state index in [0.29, 0.717) is 9.60 Å². The maximum atomic E-state index is 13.4. The first-order chi connectivity index (χ1) is 12.5. The topological polar surface area (TPSA) is 57.8 Å². The van der Waals surface area contributed by atoms with Gasteiger partial charge in [-0.2, -0.15) is 0 Å². The molecule has 1 amide bonds. The predicted octanol–water partition coefficient (Wildman–Crippen LogP) is 5.75. The van der Waals surface area contributed by atoms with Crippen molar-refractivity contribution in [3.63, 3.8) is 0 Å². The second-order valence-corrected chi connectivity index (χ2v) is 7.50. The normalized spacial score (nSPS) is 11.0. The number of benzene rings is 2. The monoisotopic (exact) mass is 429 g/mol. The lowest BCUT2D eigenvalue weighted by atomic mass is 10.1. The number of carbonyl (C=O) groups is 1. The molecule has 7 heteroatoms. The number of rotatable bonds is 3. The molecule has 0 atom stereocenters. The highest BCUT2D eigenvalue weighted by Gasteiger charge is 2.16. The molecule has 2 N–H and O–H groups in total. The Hall–Kier alpha value is -2.51. The van der Waals surface area contributed by atoms with Gasteiger partial charge in [0, 0.05) is 32.0 Å². The molecule has 0 aliphatic rings. The van der Waals surface area contributed by atoms with Crippen LogP contribution in [-0.4, -0.2) is 15.9 Å². The van der Waals surface area contributed by atoms with E-state index in [0.717, 1.165) is 27.9 Å². The summed E-state index contributed by atoms with van der Waals surface area (Å²) in [7, 11) is 0. The zero-order valence-electron chi connectivity index (χ0n) is 13.6. The summed E-state index contributed by atoms with van der Waals surface area (Å²) < 4.78 is 13.9. The van der Waals surface area contributed by atoms with Gasteiger partial charge in [-0.1, -0.05) is 18.2 Å². The molecule has 0 spiro atoms. The van der Waals surface area contributed by atoms with Crippen LogP contribution in [0.15, 0.2) is 52.3 Å². The van der Waals surface area contributed by atoms with E-state index >= 15 is 0 Å². The molecule has 0 unspecified atom stereocenters. The molecule has 4 nitrogen and oxygen atoms in total. The summed E-state index contributed by atoms with van der Waals surface area (Å²) in [5.74, 6) is -0.875. The van der Waals surface area contributed by atoms with Gasteiger partial charge < -0.3 is 4.98 Å². The minimum Gasteiger partial charge on any atom is -0.358 e. The quantitative estimate of drug-likeness (QED) is 0.435. The van der Waals surface area contributed by atoms with Crippen molar-refractivity contribution in [2.45, 2.75) is 6.92 Å². The van der Waals surface area contributed by atoms with Gasteiger partial charge >= 0.3 is 0 Å². The van der Waals surface area contributed by atoms with Gasteiger partial charge in [0.05, 0.1) is 11.3 Å². The Morgan fingerprint density at radius 2 is 2.08 bits per heavy atom. The first-order valence-corrected chi connectivity index (χ1v) is 9.50. The molecule has 0 bridgehead atoms. The number of halogens is 2. The Labute approximate surface area is 161 Å². The summed E-state index contributed by atoms with van der Waals surface area (Å²) in [6, 6.07) is 12.0. The van der Waals surface area contributed by atoms with Gasteiger partial charge in [0.25, 0.3) is 5.91 Å². The number of hydrogen-bond donors (Lipinski definition) is 2. The van der Waals surface area contributed by atoms with E-state index in [-0.39, 0.29) is 5.56 Å². The van der Waals surface area contributed by atoms with Gasteiger partial charge in [0.2, 0.25) is 0 Å². The van der Waals surface area contributed by atoms with E-state index in [1.807, 2.05) is 36.6 Å². The highest BCUT2D eigenvalue weighted by molar-refractivity contribution is 9.10. The lowest BCUT2D eigenvalue weighted by Gasteiger charge is -2.04. The zero-order valence-corrected chi connectivity index (χ0v) is 16.0. The molecule has 4 rings (SSSR count). The fraction of sp³-hybridized carbons (Fsp3) is 0.0526. The Bertz CT molecular complexity index is 1130. The summed E-state index contributed by atoms with van der Waals surface area (Å²) in [5, 5.41) is 6.19. The number of para-hydroxylation sites is 1. The van der Waals surface area contributed by atoms with Gasteiger partial charge in [-0.15, -0.1) is 11.3 Å². The van der Waals surface area contributed by atoms with Crippen molar-refractivity contribution in [2.24, 2.45) is 0 Å². The third kappa shape index (κ3) is 3.04. The van der Waals surface area contributed by atoms with Crippen LogP contribution in [0.1, 0.15) is 16.1 Å². The number of aryl methyl sites for hydroxylation is 1. The molecule has 0 aliphatic carbocycles. The van der Waals surface area contributed by atoms with Crippen molar-refractivity contribution in [2.75, 3.05) is 5.32 Å². The van der Waals surface area contributed by atoms with Crippen molar-refractivity contribution in [3.05, 3.63) is 69.4 Å².